The molecule has 2 aromatic heterocycles. The molecule has 3 aromatic rings. The number of benzene rings is 1. The molecule has 1 aromatic carbocycles. The molecule has 0 bridgehead atoms. The number of H-pyrrole nitrogens is 1. The summed E-state index contributed by atoms with van der Waals surface area (Å²) in [6.45, 7) is 4.22. The molecule has 3 amide bonds. The van der Waals surface area contributed by atoms with Crippen molar-refractivity contribution in [2.24, 2.45) is 0 Å². The Balaban J connectivity index is 1.52. The van der Waals surface area contributed by atoms with Crippen molar-refractivity contribution in [2.45, 2.75) is 52.6 Å². The Morgan fingerprint density at radius 3 is 2.26 bits per heavy atom. The summed E-state index contributed by atoms with van der Waals surface area (Å²) in [6, 6.07) is 6.64. The summed E-state index contributed by atoms with van der Waals surface area (Å²) in [5.74, 6) is -0.737. The van der Waals surface area contributed by atoms with Gasteiger partial charge >= 0.3 is 5.69 Å². The Kier molecular flexibility index (Phi) is 6.80. The Morgan fingerprint density at radius 1 is 1.00 bits per heavy atom. The number of ether oxygens (including phenoxy) is 1. The first-order chi connectivity index (χ1) is 16.8. The van der Waals surface area contributed by atoms with Crippen molar-refractivity contribution in [3.8, 4) is 17.1 Å². The van der Waals surface area contributed by atoms with E-state index in [4.69, 9.17) is 4.74 Å². The third kappa shape index (κ3) is 4.72. The molecule has 0 aliphatic carbocycles. The highest BCUT2D eigenvalue weighted by Gasteiger charge is 2.30. The number of imidazole rings is 1. The molecule has 35 heavy (non-hydrogen) atoms. The third-order valence-corrected chi connectivity index (χ3v) is 5.54. The number of hydrogen-bond acceptors (Lipinski definition) is 7. The van der Waals surface area contributed by atoms with E-state index in [1.807, 2.05) is 13.8 Å². The minimum atomic E-state index is -0.632. The number of hydrazine groups is 1. The summed E-state index contributed by atoms with van der Waals surface area (Å²) in [5, 5.41) is 0.711. The van der Waals surface area contributed by atoms with Crippen LogP contribution in [0.25, 0.3) is 22.6 Å². The molecular formula is C23H26N6O6. The highest BCUT2D eigenvalue weighted by Crippen LogP contribution is 2.22. The maximum absolute atomic E-state index is 12.9. The number of carbonyl (C=O) groups is 3. The van der Waals surface area contributed by atoms with Crippen molar-refractivity contribution in [1.29, 1.82) is 0 Å². The lowest BCUT2D eigenvalue weighted by molar-refractivity contribution is -0.148. The van der Waals surface area contributed by atoms with Crippen molar-refractivity contribution in [2.75, 3.05) is 6.61 Å². The number of imide groups is 1. The number of rotatable bonds is 9. The highest BCUT2D eigenvalue weighted by molar-refractivity contribution is 6.03. The molecule has 12 heteroatoms. The number of fused-ring (bicyclic) bond motifs is 1. The maximum Gasteiger partial charge on any atom is 0.332 e. The van der Waals surface area contributed by atoms with E-state index >= 15 is 0 Å². The first-order valence-corrected chi connectivity index (χ1v) is 11.5. The van der Waals surface area contributed by atoms with Gasteiger partial charge in [0, 0.05) is 31.5 Å². The van der Waals surface area contributed by atoms with Gasteiger partial charge in [-0.2, -0.15) is 5.01 Å². The fraction of sp³-hybridized carbons (Fsp3) is 0.391. The summed E-state index contributed by atoms with van der Waals surface area (Å²) < 4.78 is 8.18. The number of hydrogen-bond donors (Lipinski definition) is 2. The predicted octanol–water partition coefficient (Wildman–Crippen LogP) is 0.932. The monoisotopic (exact) mass is 482 g/mol. The van der Waals surface area contributed by atoms with Gasteiger partial charge in [0.15, 0.2) is 12.3 Å². The first kappa shape index (κ1) is 23.9. The van der Waals surface area contributed by atoms with Gasteiger partial charge in [0.05, 0.1) is 0 Å². The van der Waals surface area contributed by atoms with Gasteiger partial charge in [0.2, 0.25) is 11.8 Å². The second-order valence-corrected chi connectivity index (χ2v) is 8.15. The number of carbonyl (C=O) groups excluding carboxylic acids is 3. The van der Waals surface area contributed by atoms with E-state index in [-0.39, 0.29) is 30.7 Å². The standard InChI is InChI=1S/C23H26N6O6/c1-3-11-27-21-19(22(33)28(12-4-2)23(27)34)24-20(25-21)14-5-7-15(8-6-14)35-13-16(30)26-29-17(31)9-10-18(29)32/h5-8H,3-4,9-13H2,1-2H3,(H,24,25)(H,26,30). The Hall–Kier alpha value is -4.22. The lowest BCUT2D eigenvalue weighted by Crippen LogP contribution is -2.47. The van der Waals surface area contributed by atoms with Crippen LogP contribution in [0, 0.1) is 0 Å². The largest absolute Gasteiger partial charge is 0.484 e. The summed E-state index contributed by atoms with van der Waals surface area (Å²) in [7, 11) is 0. The lowest BCUT2D eigenvalue weighted by atomic mass is 10.2. The fourth-order valence-electron chi connectivity index (χ4n) is 3.87. The average Bonchev–Trinajstić information content (AvgIpc) is 3.43. The van der Waals surface area contributed by atoms with Crippen LogP contribution in [0.15, 0.2) is 33.9 Å². The van der Waals surface area contributed by atoms with Crippen LogP contribution in [0.2, 0.25) is 0 Å². The van der Waals surface area contributed by atoms with Gasteiger partial charge < -0.3 is 9.72 Å². The second-order valence-electron chi connectivity index (χ2n) is 8.15. The third-order valence-electron chi connectivity index (χ3n) is 5.54. The van der Waals surface area contributed by atoms with Crippen LogP contribution in [0.4, 0.5) is 0 Å². The Morgan fingerprint density at radius 2 is 1.63 bits per heavy atom. The zero-order chi connectivity index (χ0) is 25.1. The quantitative estimate of drug-likeness (QED) is 0.431. The number of nitrogens with zero attached hydrogens (tertiary/aromatic N) is 4. The van der Waals surface area contributed by atoms with Crippen molar-refractivity contribution >= 4 is 28.9 Å². The van der Waals surface area contributed by atoms with E-state index in [0.717, 1.165) is 0 Å². The Labute approximate surface area is 199 Å². The summed E-state index contributed by atoms with van der Waals surface area (Å²) >= 11 is 0. The molecule has 0 unspecified atom stereocenters. The van der Waals surface area contributed by atoms with Gasteiger partial charge in [0.25, 0.3) is 11.5 Å². The first-order valence-electron chi connectivity index (χ1n) is 11.5. The summed E-state index contributed by atoms with van der Waals surface area (Å²) in [6.07, 6.45) is 1.51. The zero-order valence-corrected chi connectivity index (χ0v) is 19.5. The minimum absolute atomic E-state index is 0.0736. The molecule has 1 fully saturated rings. The van der Waals surface area contributed by atoms with E-state index in [9.17, 15) is 24.0 Å². The lowest BCUT2D eigenvalue weighted by Gasteiger charge is -2.15. The molecule has 3 heterocycles. The zero-order valence-electron chi connectivity index (χ0n) is 19.5. The second kappa shape index (κ2) is 9.95. The van der Waals surface area contributed by atoms with Crippen LogP contribution >= 0.6 is 0 Å². The molecule has 0 radical (unpaired) electrons. The van der Waals surface area contributed by atoms with Crippen molar-refractivity contribution in [3.63, 3.8) is 0 Å². The van der Waals surface area contributed by atoms with Crippen LogP contribution in [0.5, 0.6) is 5.75 Å². The number of aryl methyl sites for hydroxylation is 1. The topological polar surface area (TPSA) is 148 Å². The average molecular weight is 482 g/mol. The number of aromatic amines is 1. The van der Waals surface area contributed by atoms with E-state index in [2.05, 4.69) is 15.4 Å². The van der Waals surface area contributed by atoms with E-state index in [1.54, 1.807) is 24.3 Å². The molecule has 184 valence electrons. The fourth-order valence-corrected chi connectivity index (χ4v) is 3.87. The van der Waals surface area contributed by atoms with Gasteiger partial charge in [-0.3, -0.25) is 33.7 Å². The van der Waals surface area contributed by atoms with Gasteiger partial charge in [0.1, 0.15) is 17.1 Å². The van der Waals surface area contributed by atoms with Crippen LogP contribution in [0.3, 0.4) is 0 Å². The maximum atomic E-state index is 12.9. The molecule has 2 N–H and O–H groups in total. The minimum Gasteiger partial charge on any atom is -0.484 e. The van der Waals surface area contributed by atoms with Gasteiger partial charge in [-0.25, -0.2) is 9.78 Å². The van der Waals surface area contributed by atoms with Crippen LogP contribution in [-0.4, -0.2) is 48.4 Å². The molecule has 1 aliphatic rings. The van der Waals surface area contributed by atoms with Crippen molar-refractivity contribution in [1.82, 2.24) is 29.5 Å². The van der Waals surface area contributed by atoms with E-state index < -0.39 is 23.3 Å². The van der Waals surface area contributed by atoms with Crippen molar-refractivity contribution in [3.05, 3.63) is 45.1 Å². The number of amides is 3. The Bertz CT molecular complexity index is 1380. The van der Waals surface area contributed by atoms with Crippen LogP contribution in [0.1, 0.15) is 39.5 Å². The van der Waals surface area contributed by atoms with E-state index in [1.165, 1.54) is 9.13 Å². The highest BCUT2D eigenvalue weighted by atomic mass is 16.5. The molecule has 0 spiro atoms. The van der Waals surface area contributed by atoms with Crippen LogP contribution < -0.4 is 21.4 Å². The molecule has 0 saturated carbocycles. The number of nitrogens with one attached hydrogen (secondary N) is 2. The van der Waals surface area contributed by atoms with Crippen LogP contribution in [-0.2, 0) is 27.5 Å². The SMILES string of the molecule is CCCn1c(=O)c2[nH]c(-c3ccc(OCC(=O)NN4C(=O)CCC4=O)cc3)nc2n(CCC)c1=O. The number of aromatic nitrogens is 4. The predicted molar refractivity (Wildman–Crippen MR) is 125 cm³/mol. The smallest absolute Gasteiger partial charge is 0.332 e. The summed E-state index contributed by atoms with van der Waals surface area (Å²) in [4.78, 5) is 68.5. The normalized spacial score (nSPS) is 13.6. The molecule has 1 aliphatic heterocycles. The molecule has 12 nitrogen and oxygen atoms in total. The van der Waals surface area contributed by atoms with Gasteiger partial charge in [-0.05, 0) is 37.1 Å². The summed E-state index contributed by atoms with van der Waals surface area (Å²) in [5.41, 5.74) is 2.70. The van der Waals surface area contributed by atoms with Gasteiger partial charge in [-0.15, -0.1) is 0 Å². The molecule has 1 saturated heterocycles. The molecule has 0 atom stereocenters. The molecule has 4 rings (SSSR count). The van der Waals surface area contributed by atoms with E-state index in [0.29, 0.717) is 53.7 Å². The van der Waals surface area contributed by atoms with Crippen molar-refractivity contribution < 1.29 is 19.1 Å². The molecular weight excluding hydrogens is 456 g/mol. The van der Waals surface area contributed by atoms with Gasteiger partial charge in [-0.1, -0.05) is 13.8 Å².